The molecule has 0 aromatic carbocycles. The number of aliphatic carboxylic acids is 1. The maximum absolute atomic E-state index is 9.00. The number of carbonyl (C=O) groups is 1. The molecular weight excluding hydrogens is 188 g/mol. The van der Waals surface area contributed by atoms with Crippen LogP contribution < -0.4 is 0 Å². The zero-order valence-corrected chi connectivity index (χ0v) is 8.86. The highest BCUT2D eigenvalue weighted by molar-refractivity contribution is 5.62. The average Bonchev–Trinajstić information content (AvgIpc) is 2.10. The second kappa shape index (κ2) is 14.9. The number of carboxylic acid groups (broad SMARTS) is 1. The van der Waals surface area contributed by atoms with Gasteiger partial charge in [0.25, 0.3) is 5.97 Å². The van der Waals surface area contributed by atoms with Crippen molar-refractivity contribution in [3.8, 4) is 0 Å². The van der Waals surface area contributed by atoms with Crippen LogP contribution in [0.15, 0.2) is 0 Å². The molecule has 0 amide bonds. The number of rotatable bonds is 7. The Morgan fingerprint density at radius 2 is 1.57 bits per heavy atom. The minimum atomic E-state index is -0.833. The summed E-state index contributed by atoms with van der Waals surface area (Å²) in [6.07, 6.45) is 1.04. The maximum Gasteiger partial charge on any atom is 0.300 e. The van der Waals surface area contributed by atoms with E-state index in [4.69, 9.17) is 24.5 Å². The summed E-state index contributed by atoms with van der Waals surface area (Å²) in [7, 11) is 0. The Labute approximate surface area is 84.6 Å². The largest absolute Gasteiger partial charge is 0.481 e. The number of ether oxygens (including phenoxy) is 2. The Kier molecular flexibility index (Phi) is 16.8. The van der Waals surface area contributed by atoms with E-state index in [0.717, 1.165) is 20.0 Å². The van der Waals surface area contributed by atoms with Crippen LogP contribution in [-0.2, 0) is 14.3 Å². The third kappa shape index (κ3) is 30.2. The molecule has 0 aromatic rings. The van der Waals surface area contributed by atoms with Crippen LogP contribution in [0, 0.1) is 0 Å². The van der Waals surface area contributed by atoms with Gasteiger partial charge in [0.2, 0.25) is 0 Å². The summed E-state index contributed by atoms with van der Waals surface area (Å²) >= 11 is 0. The van der Waals surface area contributed by atoms with Crippen molar-refractivity contribution in [1.29, 1.82) is 0 Å². The molecule has 0 unspecified atom stereocenters. The predicted octanol–water partition coefficient (Wildman–Crippen LogP) is 0.513. The number of aliphatic hydroxyl groups is 1. The highest BCUT2D eigenvalue weighted by Gasteiger charge is 1.86. The molecule has 0 aliphatic rings. The van der Waals surface area contributed by atoms with E-state index in [0.29, 0.717) is 19.8 Å². The van der Waals surface area contributed by atoms with E-state index in [9.17, 15) is 0 Å². The third-order valence-corrected chi connectivity index (χ3v) is 0.956. The zero-order valence-electron chi connectivity index (χ0n) is 8.86. The molecule has 0 atom stereocenters. The highest BCUT2D eigenvalue weighted by Crippen LogP contribution is 1.80. The van der Waals surface area contributed by atoms with Crippen molar-refractivity contribution in [2.24, 2.45) is 0 Å². The summed E-state index contributed by atoms with van der Waals surface area (Å²) in [5, 5.41) is 15.7. The number of aliphatic hydroxyl groups excluding tert-OH is 1. The smallest absolute Gasteiger partial charge is 0.300 e. The Bertz CT molecular complexity index is 104. The standard InChI is InChI=1S/C7H16O3.C2H4O2/c1-2-4-9-6-7-10-5-3-8;1-2(3)4/h8H,2-7H2,1H3;1H3,(H,3,4). The topological polar surface area (TPSA) is 76.0 Å². The van der Waals surface area contributed by atoms with Gasteiger partial charge < -0.3 is 19.7 Å². The van der Waals surface area contributed by atoms with Gasteiger partial charge in [0, 0.05) is 13.5 Å². The second-order valence-corrected chi connectivity index (χ2v) is 2.47. The summed E-state index contributed by atoms with van der Waals surface area (Å²) in [4.78, 5) is 9.00. The van der Waals surface area contributed by atoms with Crippen LogP contribution in [0.4, 0.5) is 0 Å². The fourth-order valence-corrected chi connectivity index (χ4v) is 0.531. The Morgan fingerprint density at radius 3 is 1.93 bits per heavy atom. The van der Waals surface area contributed by atoms with Crippen molar-refractivity contribution < 1.29 is 24.5 Å². The first-order valence-electron chi connectivity index (χ1n) is 4.61. The first-order valence-corrected chi connectivity index (χ1v) is 4.61. The maximum atomic E-state index is 9.00. The van der Waals surface area contributed by atoms with Gasteiger partial charge in [0.1, 0.15) is 0 Å². The second-order valence-electron chi connectivity index (χ2n) is 2.47. The van der Waals surface area contributed by atoms with Crippen molar-refractivity contribution in [2.45, 2.75) is 20.3 Å². The summed E-state index contributed by atoms with van der Waals surface area (Å²) in [5.74, 6) is -0.833. The normalized spacial score (nSPS) is 9.07. The molecule has 0 saturated heterocycles. The molecule has 0 saturated carbocycles. The highest BCUT2D eigenvalue weighted by atomic mass is 16.5. The monoisotopic (exact) mass is 208 g/mol. The lowest BCUT2D eigenvalue weighted by atomic mass is 10.5. The lowest BCUT2D eigenvalue weighted by molar-refractivity contribution is -0.134. The van der Waals surface area contributed by atoms with Crippen LogP contribution in [0.2, 0.25) is 0 Å². The molecule has 86 valence electrons. The Balaban J connectivity index is 0. The SMILES string of the molecule is CC(=O)O.CCCOCCOCCO. The van der Waals surface area contributed by atoms with Gasteiger partial charge in [-0.25, -0.2) is 0 Å². The molecule has 14 heavy (non-hydrogen) atoms. The van der Waals surface area contributed by atoms with Gasteiger partial charge in [-0.1, -0.05) is 6.92 Å². The molecule has 0 aliphatic heterocycles. The minimum absolute atomic E-state index is 0.0910. The molecule has 0 fully saturated rings. The summed E-state index contributed by atoms with van der Waals surface area (Å²) in [6, 6.07) is 0. The molecule has 0 spiro atoms. The lowest BCUT2D eigenvalue weighted by Crippen LogP contribution is -2.07. The molecular formula is C9H20O5. The minimum Gasteiger partial charge on any atom is -0.481 e. The Morgan fingerprint density at radius 1 is 1.14 bits per heavy atom. The van der Waals surface area contributed by atoms with Gasteiger partial charge in [-0.05, 0) is 6.42 Å². The lowest BCUT2D eigenvalue weighted by Gasteiger charge is -2.02. The van der Waals surface area contributed by atoms with E-state index in [2.05, 4.69) is 6.92 Å². The number of hydrogen-bond acceptors (Lipinski definition) is 4. The van der Waals surface area contributed by atoms with Gasteiger partial charge in [-0.3, -0.25) is 4.79 Å². The fraction of sp³-hybridized carbons (Fsp3) is 0.889. The van der Waals surface area contributed by atoms with Crippen molar-refractivity contribution in [3.05, 3.63) is 0 Å². The van der Waals surface area contributed by atoms with Crippen LogP contribution in [-0.4, -0.2) is 49.2 Å². The van der Waals surface area contributed by atoms with Gasteiger partial charge in [-0.15, -0.1) is 0 Å². The van der Waals surface area contributed by atoms with Crippen molar-refractivity contribution in [3.63, 3.8) is 0 Å². The van der Waals surface area contributed by atoms with E-state index >= 15 is 0 Å². The molecule has 5 nitrogen and oxygen atoms in total. The average molecular weight is 208 g/mol. The van der Waals surface area contributed by atoms with E-state index < -0.39 is 5.97 Å². The predicted molar refractivity (Wildman–Crippen MR) is 52.3 cm³/mol. The van der Waals surface area contributed by atoms with Crippen LogP contribution in [0.5, 0.6) is 0 Å². The summed E-state index contributed by atoms with van der Waals surface area (Å²) < 4.78 is 10.1. The first-order chi connectivity index (χ1) is 6.65. The molecule has 0 bridgehead atoms. The molecule has 0 aliphatic carbocycles. The van der Waals surface area contributed by atoms with Gasteiger partial charge in [-0.2, -0.15) is 0 Å². The van der Waals surface area contributed by atoms with Gasteiger partial charge in [0.15, 0.2) is 0 Å². The summed E-state index contributed by atoms with van der Waals surface area (Å²) in [6.45, 7) is 5.66. The zero-order chi connectivity index (χ0) is 11.2. The van der Waals surface area contributed by atoms with Crippen LogP contribution >= 0.6 is 0 Å². The van der Waals surface area contributed by atoms with Crippen molar-refractivity contribution >= 4 is 5.97 Å². The van der Waals surface area contributed by atoms with E-state index in [1.807, 2.05) is 0 Å². The van der Waals surface area contributed by atoms with Crippen LogP contribution in [0.3, 0.4) is 0 Å². The van der Waals surface area contributed by atoms with E-state index in [1.165, 1.54) is 0 Å². The molecule has 0 rings (SSSR count). The Hall–Kier alpha value is -0.650. The van der Waals surface area contributed by atoms with Crippen molar-refractivity contribution in [2.75, 3.05) is 33.0 Å². The number of carboxylic acids is 1. The van der Waals surface area contributed by atoms with Gasteiger partial charge >= 0.3 is 0 Å². The van der Waals surface area contributed by atoms with E-state index in [1.54, 1.807) is 0 Å². The van der Waals surface area contributed by atoms with Crippen LogP contribution in [0.1, 0.15) is 20.3 Å². The number of hydrogen-bond donors (Lipinski definition) is 2. The third-order valence-electron chi connectivity index (χ3n) is 0.956. The van der Waals surface area contributed by atoms with Gasteiger partial charge in [0.05, 0.1) is 26.4 Å². The van der Waals surface area contributed by atoms with Crippen LogP contribution in [0.25, 0.3) is 0 Å². The van der Waals surface area contributed by atoms with Crippen molar-refractivity contribution in [1.82, 2.24) is 0 Å². The fourth-order valence-electron chi connectivity index (χ4n) is 0.531. The van der Waals surface area contributed by atoms with E-state index in [-0.39, 0.29) is 6.61 Å². The molecule has 2 N–H and O–H groups in total. The quantitative estimate of drug-likeness (QED) is 0.596. The first kappa shape index (κ1) is 15.8. The molecule has 0 radical (unpaired) electrons. The molecule has 0 aromatic heterocycles. The summed E-state index contributed by atoms with van der Waals surface area (Å²) in [5.41, 5.74) is 0. The molecule has 5 heteroatoms. The molecule has 0 heterocycles.